The van der Waals surface area contributed by atoms with Gasteiger partial charge in [-0.05, 0) is 19.1 Å². The fourth-order valence-corrected chi connectivity index (χ4v) is 1.46. The number of nitrogens with one attached hydrogen (secondary N) is 1. The number of anilines is 1. The van der Waals surface area contributed by atoms with Crippen LogP contribution < -0.4 is 10.5 Å². The summed E-state index contributed by atoms with van der Waals surface area (Å²) in [4.78, 5) is 4.01. The number of hydrogen-bond acceptors (Lipinski definition) is 4. The van der Waals surface area contributed by atoms with Gasteiger partial charge in [-0.25, -0.2) is 13.4 Å². The first kappa shape index (κ1) is 10.9. The van der Waals surface area contributed by atoms with Crippen molar-refractivity contribution in [2.24, 2.45) is 5.73 Å². The maximum Gasteiger partial charge on any atom is 0.233 e. The summed E-state index contributed by atoms with van der Waals surface area (Å²) in [6, 6.07) is 5.04. The SMILES string of the molecule is CCS(=O)(=O)Nc1cccc(CN)n1. The molecule has 78 valence electrons. The summed E-state index contributed by atoms with van der Waals surface area (Å²) in [5.74, 6) is 0.344. The monoisotopic (exact) mass is 215 g/mol. The Morgan fingerprint density at radius 3 is 2.79 bits per heavy atom. The second-order valence-electron chi connectivity index (χ2n) is 2.72. The molecule has 0 amide bonds. The number of pyridine rings is 1. The largest absolute Gasteiger partial charge is 0.325 e. The van der Waals surface area contributed by atoms with Gasteiger partial charge in [0.2, 0.25) is 10.0 Å². The Kier molecular flexibility index (Phi) is 3.43. The molecule has 0 radical (unpaired) electrons. The molecule has 5 nitrogen and oxygen atoms in total. The molecule has 0 aliphatic carbocycles. The molecule has 1 heterocycles. The van der Waals surface area contributed by atoms with Gasteiger partial charge in [-0.2, -0.15) is 0 Å². The van der Waals surface area contributed by atoms with Crippen LogP contribution in [0.1, 0.15) is 12.6 Å². The zero-order valence-corrected chi connectivity index (χ0v) is 8.71. The lowest BCUT2D eigenvalue weighted by Crippen LogP contribution is -2.16. The molecule has 6 heteroatoms. The van der Waals surface area contributed by atoms with E-state index in [1.165, 1.54) is 0 Å². The highest BCUT2D eigenvalue weighted by Crippen LogP contribution is 2.06. The molecule has 0 saturated heterocycles. The average molecular weight is 215 g/mol. The molecule has 1 aromatic heterocycles. The highest BCUT2D eigenvalue weighted by molar-refractivity contribution is 7.92. The minimum absolute atomic E-state index is 0.0293. The van der Waals surface area contributed by atoms with Gasteiger partial charge in [0.25, 0.3) is 0 Å². The van der Waals surface area contributed by atoms with Crippen LogP contribution in [0, 0.1) is 0 Å². The average Bonchev–Trinajstić information content (AvgIpc) is 2.17. The van der Waals surface area contributed by atoms with Crippen LogP contribution >= 0.6 is 0 Å². The van der Waals surface area contributed by atoms with Gasteiger partial charge in [0, 0.05) is 6.54 Å². The van der Waals surface area contributed by atoms with Crippen LogP contribution in [0.2, 0.25) is 0 Å². The van der Waals surface area contributed by atoms with E-state index in [0.717, 1.165) is 0 Å². The summed E-state index contributed by atoms with van der Waals surface area (Å²) in [6.45, 7) is 1.86. The van der Waals surface area contributed by atoms with E-state index in [9.17, 15) is 8.42 Å². The molecular weight excluding hydrogens is 202 g/mol. The van der Waals surface area contributed by atoms with Crippen molar-refractivity contribution < 1.29 is 8.42 Å². The Labute approximate surface area is 83.4 Å². The molecular formula is C8H13N3O2S. The van der Waals surface area contributed by atoms with E-state index in [2.05, 4.69) is 9.71 Å². The van der Waals surface area contributed by atoms with Crippen LogP contribution in [-0.2, 0) is 16.6 Å². The van der Waals surface area contributed by atoms with Gasteiger partial charge in [0.05, 0.1) is 11.4 Å². The highest BCUT2D eigenvalue weighted by atomic mass is 32.2. The maximum absolute atomic E-state index is 11.2. The van der Waals surface area contributed by atoms with Gasteiger partial charge >= 0.3 is 0 Å². The van der Waals surface area contributed by atoms with E-state index in [1.807, 2.05) is 0 Å². The van der Waals surface area contributed by atoms with Crippen LogP contribution in [0.25, 0.3) is 0 Å². The second kappa shape index (κ2) is 4.39. The van der Waals surface area contributed by atoms with Crippen molar-refractivity contribution in [3.05, 3.63) is 23.9 Å². The maximum atomic E-state index is 11.2. The molecule has 0 unspecified atom stereocenters. The van der Waals surface area contributed by atoms with Gasteiger partial charge in [0.15, 0.2) is 0 Å². The molecule has 0 bridgehead atoms. The van der Waals surface area contributed by atoms with Crippen LogP contribution in [0.15, 0.2) is 18.2 Å². The van der Waals surface area contributed by atoms with Crippen molar-refractivity contribution >= 4 is 15.8 Å². The van der Waals surface area contributed by atoms with Crippen molar-refractivity contribution in [2.45, 2.75) is 13.5 Å². The number of hydrogen-bond donors (Lipinski definition) is 2. The minimum Gasteiger partial charge on any atom is -0.325 e. The van der Waals surface area contributed by atoms with E-state index in [1.54, 1.807) is 25.1 Å². The first-order valence-corrected chi connectivity index (χ1v) is 5.89. The Hall–Kier alpha value is -1.14. The quantitative estimate of drug-likeness (QED) is 0.756. The molecule has 1 aromatic rings. The summed E-state index contributed by atoms with van der Waals surface area (Å²) in [5, 5.41) is 0. The summed E-state index contributed by atoms with van der Waals surface area (Å²) >= 11 is 0. The summed E-state index contributed by atoms with van der Waals surface area (Å²) in [5.41, 5.74) is 6.03. The number of nitrogens with zero attached hydrogens (tertiary/aromatic N) is 1. The standard InChI is InChI=1S/C8H13N3O2S/c1-2-14(12,13)11-8-5-3-4-7(6-9)10-8/h3-5H,2,6,9H2,1H3,(H,10,11). The molecule has 0 saturated carbocycles. The third-order valence-corrected chi connectivity index (χ3v) is 2.94. The Morgan fingerprint density at radius 1 is 1.50 bits per heavy atom. The van der Waals surface area contributed by atoms with Gasteiger partial charge in [-0.15, -0.1) is 0 Å². The lowest BCUT2D eigenvalue weighted by Gasteiger charge is -2.05. The van der Waals surface area contributed by atoms with Gasteiger partial charge in [-0.1, -0.05) is 6.07 Å². The molecule has 0 aliphatic heterocycles. The number of sulfonamides is 1. The fraction of sp³-hybridized carbons (Fsp3) is 0.375. The van der Waals surface area contributed by atoms with Crippen molar-refractivity contribution in [3.63, 3.8) is 0 Å². The Balaban J connectivity index is 2.87. The predicted molar refractivity (Wildman–Crippen MR) is 55.2 cm³/mol. The van der Waals surface area contributed by atoms with E-state index in [-0.39, 0.29) is 5.75 Å². The molecule has 0 fully saturated rings. The van der Waals surface area contributed by atoms with Crippen molar-refractivity contribution in [3.8, 4) is 0 Å². The summed E-state index contributed by atoms with van der Waals surface area (Å²) < 4.78 is 24.7. The van der Waals surface area contributed by atoms with Crippen LogP contribution in [0.4, 0.5) is 5.82 Å². The molecule has 14 heavy (non-hydrogen) atoms. The van der Waals surface area contributed by atoms with Crippen molar-refractivity contribution in [2.75, 3.05) is 10.5 Å². The Bertz CT molecular complexity index is 403. The van der Waals surface area contributed by atoms with E-state index < -0.39 is 10.0 Å². The summed E-state index contributed by atoms with van der Waals surface area (Å²) in [7, 11) is -3.25. The zero-order valence-electron chi connectivity index (χ0n) is 7.90. The van der Waals surface area contributed by atoms with Crippen molar-refractivity contribution in [1.29, 1.82) is 0 Å². The fourth-order valence-electron chi connectivity index (χ4n) is 0.882. The smallest absolute Gasteiger partial charge is 0.233 e. The third-order valence-electron chi connectivity index (χ3n) is 1.66. The van der Waals surface area contributed by atoms with Gasteiger partial charge in [-0.3, -0.25) is 4.72 Å². The van der Waals surface area contributed by atoms with Crippen LogP contribution in [0.5, 0.6) is 0 Å². The second-order valence-corrected chi connectivity index (χ2v) is 4.73. The minimum atomic E-state index is -3.25. The van der Waals surface area contributed by atoms with E-state index in [4.69, 9.17) is 5.73 Å². The Morgan fingerprint density at radius 2 is 2.21 bits per heavy atom. The molecule has 0 atom stereocenters. The van der Waals surface area contributed by atoms with Crippen LogP contribution in [-0.4, -0.2) is 19.2 Å². The van der Waals surface area contributed by atoms with Gasteiger partial charge in [0.1, 0.15) is 5.82 Å². The first-order valence-electron chi connectivity index (χ1n) is 4.24. The normalized spacial score (nSPS) is 11.3. The third kappa shape index (κ3) is 2.97. The molecule has 0 spiro atoms. The number of aromatic nitrogens is 1. The van der Waals surface area contributed by atoms with Gasteiger partial charge < -0.3 is 5.73 Å². The molecule has 3 N–H and O–H groups in total. The zero-order chi connectivity index (χ0) is 10.6. The summed E-state index contributed by atoms with van der Waals surface area (Å²) in [6.07, 6.45) is 0. The van der Waals surface area contributed by atoms with E-state index >= 15 is 0 Å². The predicted octanol–water partition coefficient (Wildman–Crippen LogP) is 0.302. The lowest BCUT2D eigenvalue weighted by molar-refractivity contribution is 0.602. The number of rotatable bonds is 4. The molecule has 0 aromatic carbocycles. The topological polar surface area (TPSA) is 85.1 Å². The lowest BCUT2D eigenvalue weighted by atomic mass is 10.3. The molecule has 1 rings (SSSR count). The highest BCUT2D eigenvalue weighted by Gasteiger charge is 2.07. The number of nitrogens with two attached hydrogens (primary N) is 1. The molecule has 0 aliphatic rings. The van der Waals surface area contributed by atoms with E-state index in [0.29, 0.717) is 18.1 Å². The van der Waals surface area contributed by atoms with Crippen LogP contribution in [0.3, 0.4) is 0 Å². The first-order chi connectivity index (χ1) is 6.57. The van der Waals surface area contributed by atoms with Crippen molar-refractivity contribution in [1.82, 2.24) is 4.98 Å².